The van der Waals surface area contributed by atoms with Crippen molar-refractivity contribution in [1.82, 2.24) is 0 Å². The van der Waals surface area contributed by atoms with Crippen LogP contribution < -0.4 is 10.1 Å². The second-order valence-corrected chi connectivity index (χ2v) is 5.54. The highest BCUT2D eigenvalue weighted by Gasteiger charge is 2.13. The van der Waals surface area contributed by atoms with Crippen LogP contribution in [0, 0.1) is 10.1 Å². The first-order chi connectivity index (χ1) is 10.0. The molecule has 0 bridgehead atoms. The molecule has 0 amide bonds. The maximum Gasteiger partial charge on any atom is 0.292 e. The minimum absolute atomic E-state index is 0.0294. The van der Waals surface area contributed by atoms with E-state index in [4.69, 9.17) is 16.3 Å². The van der Waals surface area contributed by atoms with Crippen molar-refractivity contribution in [3.05, 3.63) is 61.6 Å². The molecule has 0 atom stereocenters. The van der Waals surface area contributed by atoms with Gasteiger partial charge >= 0.3 is 0 Å². The Kier molecular flexibility index (Phi) is 5.03. The van der Waals surface area contributed by atoms with E-state index >= 15 is 0 Å². The van der Waals surface area contributed by atoms with E-state index in [1.54, 1.807) is 31.3 Å². The average Bonchev–Trinajstić information content (AvgIpc) is 2.47. The number of nitrogens with one attached hydrogen (secondary N) is 1. The first-order valence-electron chi connectivity index (χ1n) is 6.04. The Bertz CT molecular complexity index is 679. The van der Waals surface area contributed by atoms with E-state index in [0.29, 0.717) is 16.5 Å². The summed E-state index contributed by atoms with van der Waals surface area (Å²) in [5, 5.41) is 14.2. The summed E-state index contributed by atoms with van der Waals surface area (Å²) < 4.78 is 6.51. The predicted molar refractivity (Wildman–Crippen MR) is 86.1 cm³/mol. The minimum atomic E-state index is -0.429. The highest BCUT2D eigenvalue weighted by atomic mass is 79.9. The molecule has 5 nitrogen and oxygen atoms in total. The van der Waals surface area contributed by atoms with Crippen molar-refractivity contribution in [1.29, 1.82) is 0 Å². The number of benzene rings is 2. The number of anilines is 1. The van der Waals surface area contributed by atoms with E-state index in [2.05, 4.69) is 21.2 Å². The molecule has 21 heavy (non-hydrogen) atoms. The van der Waals surface area contributed by atoms with E-state index in [1.165, 1.54) is 6.07 Å². The van der Waals surface area contributed by atoms with Crippen LogP contribution in [0.4, 0.5) is 11.4 Å². The molecule has 110 valence electrons. The van der Waals surface area contributed by atoms with Gasteiger partial charge in [-0.05, 0) is 35.9 Å². The van der Waals surface area contributed by atoms with Gasteiger partial charge in [-0.15, -0.1) is 0 Å². The summed E-state index contributed by atoms with van der Waals surface area (Å²) in [5.74, 6) is 0.551. The molecule has 2 aromatic carbocycles. The van der Waals surface area contributed by atoms with Crippen LogP contribution in [0.2, 0.25) is 5.02 Å². The molecule has 0 radical (unpaired) electrons. The average molecular weight is 372 g/mol. The van der Waals surface area contributed by atoms with Gasteiger partial charge in [0.1, 0.15) is 18.0 Å². The number of halogens is 2. The summed E-state index contributed by atoms with van der Waals surface area (Å²) in [5.41, 5.74) is 1.28. The van der Waals surface area contributed by atoms with Crippen LogP contribution >= 0.6 is 27.5 Å². The lowest BCUT2D eigenvalue weighted by atomic mass is 10.2. The molecular formula is C14H12BrClN2O3. The van der Waals surface area contributed by atoms with Crippen LogP contribution in [-0.4, -0.2) is 12.0 Å². The van der Waals surface area contributed by atoms with Gasteiger partial charge in [-0.1, -0.05) is 27.5 Å². The standard InChI is InChI=1S/C14H12BrClN2O3/c1-17-12-6-9(2-5-13(12)18(19)20)8-21-14-7-10(15)3-4-11(14)16/h2-7,17H,8H2,1H3. The fourth-order valence-electron chi connectivity index (χ4n) is 1.78. The second-order valence-electron chi connectivity index (χ2n) is 4.22. The lowest BCUT2D eigenvalue weighted by Gasteiger charge is -2.10. The molecular weight excluding hydrogens is 360 g/mol. The summed E-state index contributed by atoms with van der Waals surface area (Å²) in [7, 11) is 1.64. The molecule has 0 saturated carbocycles. The minimum Gasteiger partial charge on any atom is -0.487 e. The van der Waals surface area contributed by atoms with Crippen LogP contribution in [0.3, 0.4) is 0 Å². The molecule has 0 aromatic heterocycles. The maximum absolute atomic E-state index is 10.9. The van der Waals surface area contributed by atoms with Crippen molar-refractivity contribution < 1.29 is 9.66 Å². The second kappa shape index (κ2) is 6.78. The summed E-state index contributed by atoms with van der Waals surface area (Å²) >= 11 is 9.39. The van der Waals surface area contributed by atoms with Gasteiger partial charge in [0, 0.05) is 17.6 Å². The van der Waals surface area contributed by atoms with Crippen molar-refractivity contribution in [3.63, 3.8) is 0 Å². The highest BCUT2D eigenvalue weighted by molar-refractivity contribution is 9.10. The van der Waals surface area contributed by atoms with Gasteiger partial charge < -0.3 is 10.1 Å². The van der Waals surface area contributed by atoms with E-state index in [-0.39, 0.29) is 12.3 Å². The Morgan fingerprint density at radius 2 is 2.10 bits per heavy atom. The molecule has 0 aliphatic heterocycles. The molecule has 0 aliphatic rings. The van der Waals surface area contributed by atoms with Crippen molar-refractivity contribution in [3.8, 4) is 5.75 Å². The third-order valence-corrected chi connectivity index (χ3v) is 3.62. The SMILES string of the molecule is CNc1cc(COc2cc(Br)ccc2Cl)ccc1[N+](=O)[O-]. The largest absolute Gasteiger partial charge is 0.487 e. The van der Waals surface area contributed by atoms with Gasteiger partial charge in [-0.3, -0.25) is 10.1 Å². The number of rotatable bonds is 5. The Balaban J connectivity index is 2.17. The Morgan fingerprint density at radius 3 is 2.76 bits per heavy atom. The van der Waals surface area contributed by atoms with Crippen LogP contribution in [0.5, 0.6) is 5.75 Å². The van der Waals surface area contributed by atoms with Gasteiger partial charge in [-0.2, -0.15) is 0 Å². The monoisotopic (exact) mass is 370 g/mol. The van der Waals surface area contributed by atoms with Gasteiger partial charge in [0.05, 0.1) is 9.95 Å². The van der Waals surface area contributed by atoms with E-state index in [1.807, 2.05) is 6.07 Å². The number of nitro groups is 1. The number of nitrogens with zero attached hydrogens (tertiary/aromatic N) is 1. The van der Waals surface area contributed by atoms with Crippen LogP contribution in [0.1, 0.15) is 5.56 Å². The fraction of sp³-hybridized carbons (Fsp3) is 0.143. The third-order valence-electron chi connectivity index (χ3n) is 2.81. The zero-order valence-corrected chi connectivity index (χ0v) is 13.4. The van der Waals surface area contributed by atoms with Gasteiger partial charge in [0.15, 0.2) is 0 Å². The zero-order valence-electron chi connectivity index (χ0n) is 11.1. The Hall–Kier alpha value is -1.79. The lowest BCUT2D eigenvalue weighted by molar-refractivity contribution is -0.384. The first-order valence-corrected chi connectivity index (χ1v) is 7.21. The summed E-state index contributed by atoms with van der Waals surface area (Å²) in [6.07, 6.45) is 0. The molecule has 0 saturated heterocycles. The van der Waals surface area contributed by atoms with Crippen molar-refractivity contribution in [2.45, 2.75) is 6.61 Å². The van der Waals surface area contributed by atoms with Crippen molar-refractivity contribution >= 4 is 38.9 Å². The summed E-state index contributed by atoms with van der Waals surface area (Å²) in [6, 6.07) is 10.1. The van der Waals surface area contributed by atoms with Crippen molar-refractivity contribution in [2.24, 2.45) is 0 Å². The zero-order chi connectivity index (χ0) is 15.4. The fourth-order valence-corrected chi connectivity index (χ4v) is 2.29. The number of hydrogen-bond acceptors (Lipinski definition) is 4. The quantitative estimate of drug-likeness (QED) is 0.614. The van der Waals surface area contributed by atoms with Crippen molar-refractivity contribution in [2.75, 3.05) is 12.4 Å². The number of ether oxygens (including phenoxy) is 1. The lowest BCUT2D eigenvalue weighted by Crippen LogP contribution is -2.00. The van der Waals surface area contributed by atoms with E-state index < -0.39 is 4.92 Å². The van der Waals surface area contributed by atoms with Gasteiger partial charge in [0.2, 0.25) is 0 Å². The van der Waals surface area contributed by atoms with Gasteiger partial charge in [0.25, 0.3) is 5.69 Å². The number of hydrogen-bond donors (Lipinski definition) is 1. The molecule has 0 unspecified atom stereocenters. The highest BCUT2D eigenvalue weighted by Crippen LogP contribution is 2.30. The van der Waals surface area contributed by atoms with Crippen LogP contribution in [0.25, 0.3) is 0 Å². The molecule has 2 aromatic rings. The molecule has 7 heteroatoms. The predicted octanol–water partition coefficient (Wildman–Crippen LogP) is 4.63. The van der Waals surface area contributed by atoms with Crippen LogP contribution in [0.15, 0.2) is 40.9 Å². The Labute approximate surface area is 135 Å². The van der Waals surface area contributed by atoms with Gasteiger partial charge in [-0.25, -0.2) is 0 Å². The normalized spacial score (nSPS) is 10.2. The maximum atomic E-state index is 10.9. The summed E-state index contributed by atoms with van der Waals surface area (Å²) in [4.78, 5) is 10.4. The van der Waals surface area contributed by atoms with E-state index in [0.717, 1.165) is 10.0 Å². The van der Waals surface area contributed by atoms with Crippen LogP contribution in [-0.2, 0) is 6.61 Å². The first kappa shape index (κ1) is 15.6. The Morgan fingerprint density at radius 1 is 1.33 bits per heavy atom. The number of nitro benzene ring substituents is 1. The molecule has 0 aliphatic carbocycles. The van der Waals surface area contributed by atoms with E-state index in [9.17, 15) is 10.1 Å². The third kappa shape index (κ3) is 3.86. The molecule has 2 rings (SSSR count). The molecule has 1 N–H and O–H groups in total. The molecule has 0 heterocycles. The molecule has 0 fully saturated rings. The summed E-state index contributed by atoms with van der Waals surface area (Å²) in [6.45, 7) is 0.267. The molecule has 0 spiro atoms. The smallest absolute Gasteiger partial charge is 0.292 e. The topological polar surface area (TPSA) is 64.4 Å².